The summed E-state index contributed by atoms with van der Waals surface area (Å²) >= 11 is 0. The molecule has 0 unspecified atom stereocenters. The Hall–Kier alpha value is -4.06. The lowest BCUT2D eigenvalue weighted by atomic mass is 9.96. The quantitative estimate of drug-likeness (QED) is 0.630. The highest BCUT2D eigenvalue weighted by Crippen LogP contribution is 2.27. The van der Waals surface area contributed by atoms with Gasteiger partial charge in [-0.05, 0) is 58.7 Å². The van der Waals surface area contributed by atoms with Crippen molar-refractivity contribution in [2.45, 2.75) is 0 Å². The molecule has 3 aromatic carbocycles. The van der Waals surface area contributed by atoms with Crippen LogP contribution >= 0.6 is 0 Å². The van der Waals surface area contributed by atoms with E-state index in [4.69, 9.17) is 0 Å². The van der Waals surface area contributed by atoms with E-state index in [9.17, 15) is 29.4 Å². The van der Waals surface area contributed by atoms with E-state index in [0.717, 1.165) is 0 Å². The molecule has 6 nitrogen and oxygen atoms in total. The minimum absolute atomic E-state index is 0.00783. The van der Waals surface area contributed by atoms with Crippen LogP contribution in [0.5, 0.6) is 0 Å². The minimum atomic E-state index is -1.13. The summed E-state index contributed by atoms with van der Waals surface area (Å²) in [4.78, 5) is 44.7. The van der Waals surface area contributed by atoms with Crippen LogP contribution in [0.4, 0.5) is 0 Å². The lowest BCUT2D eigenvalue weighted by Gasteiger charge is -2.08. The van der Waals surface area contributed by atoms with E-state index < -0.39 is 11.9 Å². The van der Waals surface area contributed by atoms with E-state index in [0.29, 0.717) is 34.8 Å². The summed E-state index contributed by atoms with van der Waals surface area (Å²) in [5.41, 5.74) is 3.05. The minimum Gasteiger partial charge on any atom is -0.478 e. The molecule has 3 rings (SSSR count). The predicted molar refractivity (Wildman–Crippen MR) is 102 cm³/mol. The zero-order valence-electron chi connectivity index (χ0n) is 14.5. The first-order valence-electron chi connectivity index (χ1n) is 8.19. The number of benzene rings is 3. The molecule has 0 atom stereocenters. The highest BCUT2D eigenvalue weighted by molar-refractivity contribution is 5.94. The maximum absolute atomic E-state index is 11.2. The molecule has 0 aliphatic heterocycles. The van der Waals surface area contributed by atoms with Crippen molar-refractivity contribution in [3.8, 4) is 22.3 Å². The molecule has 0 saturated carbocycles. The van der Waals surface area contributed by atoms with Crippen LogP contribution in [0.1, 0.15) is 41.4 Å². The molecule has 0 saturated heterocycles. The number of carboxylic acids is 2. The van der Waals surface area contributed by atoms with Crippen molar-refractivity contribution >= 4 is 24.5 Å². The van der Waals surface area contributed by atoms with Gasteiger partial charge in [-0.25, -0.2) is 9.59 Å². The molecule has 138 valence electrons. The molecule has 2 N–H and O–H groups in total. The van der Waals surface area contributed by atoms with Crippen molar-refractivity contribution in [2.75, 3.05) is 0 Å². The fourth-order valence-electron chi connectivity index (χ4n) is 2.87. The summed E-state index contributed by atoms with van der Waals surface area (Å²) in [6.45, 7) is 0. The largest absolute Gasteiger partial charge is 0.478 e. The lowest BCUT2D eigenvalue weighted by Crippen LogP contribution is -1.99. The second-order valence-corrected chi connectivity index (χ2v) is 6.11. The molecule has 0 aliphatic carbocycles. The maximum atomic E-state index is 11.2. The molecule has 3 aromatic rings. The van der Waals surface area contributed by atoms with Crippen molar-refractivity contribution < 1.29 is 29.4 Å². The zero-order valence-corrected chi connectivity index (χ0v) is 14.5. The molecule has 0 amide bonds. The van der Waals surface area contributed by atoms with Crippen LogP contribution in [-0.4, -0.2) is 34.7 Å². The standard InChI is InChI=1S/C22H14O6/c23-11-13-5-17(9-19(7-13)21(25)26)15-1-2-16(4-3-15)18-6-14(12-24)8-20(10-18)22(27)28/h1-12H,(H,25,26)(H,27,28). The van der Waals surface area contributed by atoms with Gasteiger partial charge in [0.05, 0.1) is 11.1 Å². The third kappa shape index (κ3) is 3.86. The van der Waals surface area contributed by atoms with Crippen molar-refractivity contribution in [1.82, 2.24) is 0 Å². The molecular formula is C22H14O6. The van der Waals surface area contributed by atoms with E-state index in [-0.39, 0.29) is 22.3 Å². The summed E-state index contributed by atoms with van der Waals surface area (Å²) in [5, 5.41) is 18.4. The molecule has 0 fully saturated rings. The number of carbonyl (C=O) groups excluding carboxylic acids is 2. The van der Waals surface area contributed by atoms with Gasteiger partial charge in [-0.3, -0.25) is 9.59 Å². The van der Waals surface area contributed by atoms with E-state index in [1.54, 1.807) is 36.4 Å². The van der Waals surface area contributed by atoms with Crippen molar-refractivity contribution in [3.05, 3.63) is 82.9 Å². The molecule has 0 aromatic heterocycles. The molecule has 0 radical (unpaired) electrons. The molecule has 0 heterocycles. The fraction of sp³-hybridized carbons (Fsp3) is 0. The van der Waals surface area contributed by atoms with Gasteiger partial charge in [0.25, 0.3) is 0 Å². The van der Waals surface area contributed by atoms with Crippen LogP contribution in [-0.2, 0) is 0 Å². The molecule has 0 aliphatic rings. The second-order valence-electron chi connectivity index (χ2n) is 6.11. The summed E-state index contributed by atoms with van der Waals surface area (Å²) in [6, 6.07) is 15.7. The van der Waals surface area contributed by atoms with Gasteiger partial charge in [-0.2, -0.15) is 0 Å². The van der Waals surface area contributed by atoms with E-state index >= 15 is 0 Å². The summed E-state index contributed by atoms with van der Waals surface area (Å²) in [6.07, 6.45) is 1.17. The van der Waals surface area contributed by atoms with Gasteiger partial charge in [-0.1, -0.05) is 24.3 Å². The lowest BCUT2D eigenvalue weighted by molar-refractivity contribution is 0.0686. The van der Waals surface area contributed by atoms with Crippen molar-refractivity contribution in [3.63, 3.8) is 0 Å². The smallest absolute Gasteiger partial charge is 0.335 e. The Kier molecular flexibility index (Phi) is 5.13. The van der Waals surface area contributed by atoms with E-state index in [1.165, 1.54) is 24.3 Å². The average molecular weight is 374 g/mol. The summed E-state index contributed by atoms with van der Waals surface area (Å²) in [7, 11) is 0. The number of rotatable bonds is 6. The molecule has 28 heavy (non-hydrogen) atoms. The molecule has 0 bridgehead atoms. The van der Waals surface area contributed by atoms with Crippen molar-refractivity contribution in [1.29, 1.82) is 0 Å². The number of aldehydes is 2. The number of hydrogen-bond donors (Lipinski definition) is 2. The Morgan fingerprint density at radius 1 is 0.571 bits per heavy atom. The van der Waals surface area contributed by atoms with E-state index in [2.05, 4.69) is 0 Å². The van der Waals surface area contributed by atoms with Gasteiger partial charge in [0.1, 0.15) is 12.6 Å². The second kappa shape index (κ2) is 7.67. The van der Waals surface area contributed by atoms with Gasteiger partial charge < -0.3 is 10.2 Å². The maximum Gasteiger partial charge on any atom is 0.335 e. The fourth-order valence-corrected chi connectivity index (χ4v) is 2.87. The van der Waals surface area contributed by atoms with Crippen LogP contribution in [0.3, 0.4) is 0 Å². The molecule has 6 heteroatoms. The van der Waals surface area contributed by atoms with Gasteiger partial charge in [0.2, 0.25) is 0 Å². The van der Waals surface area contributed by atoms with Crippen LogP contribution in [0, 0.1) is 0 Å². The first-order valence-corrected chi connectivity index (χ1v) is 8.19. The van der Waals surface area contributed by atoms with E-state index in [1.807, 2.05) is 0 Å². The number of aromatic carboxylic acids is 2. The van der Waals surface area contributed by atoms with Gasteiger partial charge in [-0.15, -0.1) is 0 Å². The van der Waals surface area contributed by atoms with Gasteiger partial charge >= 0.3 is 11.9 Å². The Labute approximate surface area is 159 Å². The van der Waals surface area contributed by atoms with Crippen LogP contribution < -0.4 is 0 Å². The number of hydrogen-bond acceptors (Lipinski definition) is 4. The SMILES string of the molecule is O=Cc1cc(C(=O)O)cc(-c2ccc(-c3cc(C=O)cc(C(=O)O)c3)cc2)c1. The third-order valence-corrected chi connectivity index (χ3v) is 4.23. The predicted octanol–water partition coefficient (Wildman–Crippen LogP) is 4.04. The van der Waals surface area contributed by atoms with Crippen LogP contribution in [0.15, 0.2) is 60.7 Å². The first kappa shape index (κ1) is 18.7. The average Bonchev–Trinajstić information content (AvgIpc) is 2.72. The third-order valence-electron chi connectivity index (χ3n) is 4.23. The Balaban J connectivity index is 2.03. The normalized spacial score (nSPS) is 10.3. The molecular weight excluding hydrogens is 360 g/mol. The van der Waals surface area contributed by atoms with Gasteiger partial charge in [0.15, 0.2) is 0 Å². The summed E-state index contributed by atoms with van der Waals surface area (Å²) < 4.78 is 0. The monoisotopic (exact) mass is 374 g/mol. The highest BCUT2D eigenvalue weighted by Gasteiger charge is 2.11. The first-order chi connectivity index (χ1) is 13.4. The number of carbonyl (C=O) groups is 4. The Morgan fingerprint density at radius 2 is 0.929 bits per heavy atom. The van der Waals surface area contributed by atoms with Crippen molar-refractivity contribution in [2.24, 2.45) is 0 Å². The van der Waals surface area contributed by atoms with Crippen LogP contribution in [0.2, 0.25) is 0 Å². The number of carboxylic acid groups (broad SMARTS) is 2. The zero-order chi connectivity index (χ0) is 20.3. The summed E-state index contributed by atoms with van der Waals surface area (Å²) in [5.74, 6) is -2.26. The Morgan fingerprint density at radius 3 is 1.21 bits per heavy atom. The van der Waals surface area contributed by atoms with Crippen LogP contribution in [0.25, 0.3) is 22.3 Å². The highest BCUT2D eigenvalue weighted by atomic mass is 16.4. The van der Waals surface area contributed by atoms with Gasteiger partial charge in [0, 0.05) is 11.1 Å². The molecule has 0 spiro atoms. The topological polar surface area (TPSA) is 109 Å². The Bertz CT molecular complexity index is 1010.